The molecule has 3 aromatic rings. The zero-order valence-corrected chi connectivity index (χ0v) is 17.2. The third-order valence-corrected chi connectivity index (χ3v) is 5.50. The second-order valence-corrected chi connectivity index (χ2v) is 7.79. The number of halogens is 1. The van der Waals surface area contributed by atoms with Gasteiger partial charge in [0.15, 0.2) is 17.3 Å². The van der Waals surface area contributed by atoms with Crippen molar-refractivity contribution >= 4 is 39.3 Å². The molecule has 4 rings (SSSR count). The van der Waals surface area contributed by atoms with Crippen LogP contribution in [0.5, 0.6) is 11.5 Å². The van der Waals surface area contributed by atoms with E-state index in [1.165, 1.54) is 11.8 Å². The van der Waals surface area contributed by atoms with Crippen molar-refractivity contribution in [2.24, 2.45) is 0 Å². The van der Waals surface area contributed by atoms with Gasteiger partial charge in [0.2, 0.25) is 11.1 Å². The van der Waals surface area contributed by atoms with Crippen molar-refractivity contribution < 1.29 is 14.3 Å². The van der Waals surface area contributed by atoms with Gasteiger partial charge in [-0.25, -0.2) is 4.98 Å². The highest BCUT2D eigenvalue weighted by Crippen LogP contribution is 2.32. The maximum Gasteiger partial charge on any atom is 0.234 e. The number of anilines is 1. The van der Waals surface area contributed by atoms with E-state index < -0.39 is 0 Å². The Morgan fingerprint density at radius 3 is 2.86 bits per heavy atom. The molecule has 0 bridgehead atoms. The topological polar surface area (TPSA) is 89.1 Å². The van der Waals surface area contributed by atoms with Gasteiger partial charge in [0.1, 0.15) is 0 Å². The number of benzene rings is 2. The first-order valence-corrected chi connectivity index (χ1v) is 10.5. The molecule has 1 aliphatic heterocycles. The van der Waals surface area contributed by atoms with Gasteiger partial charge in [-0.15, -0.1) is 5.10 Å². The molecule has 0 fully saturated rings. The lowest BCUT2D eigenvalue weighted by molar-refractivity contribution is -0.113. The molecule has 0 atom stereocenters. The standard InChI is InChI=1S/C19H17BrN4O3S/c20-14-5-2-1-4-13(14)18-22-19(24-23-18)28-11-17(25)21-12-6-7-15-16(10-12)27-9-3-8-26-15/h1-2,4-7,10H,3,8-9,11H2,(H,21,25)(H,22,23,24). The highest BCUT2D eigenvalue weighted by molar-refractivity contribution is 9.10. The van der Waals surface area contributed by atoms with Crippen molar-refractivity contribution in [2.75, 3.05) is 24.3 Å². The molecule has 0 aliphatic carbocycles. The van der Waals surface area contributed by atoms with E-state index in [4.69, 9.17) is 9.47 Å². The predicted octanol–water partition coefficient (Wildman–Crippen LogP) is 4.13. The molecular weight excluding hydrogens is 444 g/mol. The van der Waals surface area contributed by atoms with Crippen molar-refractivity contribution in [3.05, 3.63) is 46.9 Å². The van der Waals surface area contributed by atoms with Crippen LogP contribution in [-0.4, -0.2) is 40.1 Å². The molecule has 7 nitrogen and oxygen atoms in total. The van der Waals surface area contributed by atoms with Crippen molar-refractivity contribution in [1.82, 2.24) is 15.2 Å². The van der Waals surface area contributed by atoms with E-state index in [2.05, 4.69) is 36.4 Å². The van der Waals surface area contributed by atoms with E-state index in [9.17, 15) is 4.79 Å². The number of carbonyl (C=O) groups excluding carboxylic acids is 1. The van der Waals surface area contributed by atoms with Crippen LogP contribution in [0.4, 0.5) is 5.69 Å². The van der Waals surface area contributed by atoms with Crippen LogP contribution in [0.1, 0.15) is 6.42 Å². The van der Waals surface area contributed by atoms with Crippen LogP contribution in [-0.2, 0) is 4.79 Å². The molecule has 2 N–H and O–H groups in total. The highest BCUT2D eigenvalue weighted by Gasteiger charge is 2.13. The lowest BCUT2D eigenvalue weighted by atomic mass is 10.2. The van der Waals surface area contributed by atoms with Crippen LogP contribution in [0.15, 0.2) is 52.1 Å². The molecule has 0 unspecified atom stereocenters. The summed E-state index contributed by atoms with van der Waals surface area (Å²) in [5, 5.41) is 10.4. The van der Waals surface area contributed by atoms with Gasteiger partial charge in [0.25, 0.3) is 0 Å². The number of hydrogen-bond acceptors (Lipinski definition) is 6. The zero-order valence-electron chi connectivity index (χ0n) is 14.8. The van der Waals surface area contributed by atoms with E-state index in [0.717, 1.165) is 16.5 Å². The third-order valence-electron chi connectivity index (χ3n) is 3.96. The number of thioether (sulfide) groups is 1. The summed E-state index contributed by atoms with van der Waals surface area (Å²) in [4.78, 5) is 16.7. The summed E-state index contributed by atoms with van der Waals surface area (Å²) in [6.07, 6.45) is 0.839. The van der Waals surface area contributed by atoms with Gasteiger partial charge >= 0.3 is 0 Å². The average molecular weight is 461 g/mol. The van der Waals surface area contributed by atoms with Crippen molar-refractivity contribution in [2.45, 2.75) is 11.6 Å². The molecule has 0 spiro atoms. The second-order valence-electron chi connectivity index (χ2n) is 6.00. The van der Waals surface area contributed by atoms with E-state index in [0.29, 0.717) is 41.4 Å². The van der Waals surface area contributed by atoms with Gasteiger partial charge in [0, 0.05) is 28.2 Å². The molecule has 1 aliphatic rings. The lowest BCUT2D eigenvalue weighted by Crippen LogP contribution is -2.14. The summed E-state index contributed by atoms with van der Waals surface area (Å²) >= 11 is 4.76. The SMILES string of the molecule is O=C(CSc1n[nH]c(-c2ccccc2Br)n1)Nc1ccc2c(c1)OCCCO2. The number of nitrogens with zero attached hydrogens (tertiary/aromatic N) is 2. The van der Waals surface area contributed by atoms with E-state index in [-0.39, 0.29) is 11.7 Å². The van der Waals surface area contributed by atoms with Crippen LogP contribution in [0.3, 0.4) is 0 Å². The minimum absolute atomic E-state index is 0.147. The van der Waals surface area contributed by atoms with E-state index in [1.54, 1.807) is 12.1 Å². The molecular formula is C19H17BrN4O3S. The number of amides is 1. The van der Waals surface area contributed by atoms with Crippen LogP contribution in [0, 0.1) is 0 Å². The molecule has 0 saturated heterocycles. The summed E-state index contributed by atoms with van der Waals surface area (Å²) in [5.74, 6) is 2.05. The van der Waals surface area contributed by atoms with Gasteiger partial charge in [-0.3, -0.25) is 9.89 Å². The first-order chi connectivity index (χ1) is 13.7. The summed E-state index contributed by atoms with van der Waals surface area (Å²) in [5.41, 5.74) is 1.58. The third kappa shape index (κ3) is 4.48. The van der Waals surface area contributed by atoms with Gasteiger partial charge in [-0.1, -0.05) is 45.9 Å². The number of nitrogens with one attached hydrogen (secondary N) is 2. The second kappa shape index (κ2) is 8.66. The molecule has 9 heteroatoms. The van der Waals surface area contributed by atoms with Crippen molar-refractivity contribution in [3.8, 4) is 22.9 Å². The van der Waals surface area contributed by atoms with Crippen LogP contribution in [0.2, 0.25) is 0 Å². The minimum Gasteiger partial charge on any atom is -0.490 e. The fraction of sp³-hybridized carbons (Fsp3) is 0.211. The molecule has 2 aromatic carbocycles. The van der Waals surface area contributed by atoms with Gasteiger partial charge in [-0.2, -0.15) is 0 Å². The number of ether oxygens (including phenoxy) is 2. The van der Waals surface area contributed by atoms with Crippen molar-refractivity contribution in [1.29, 1.82) is 0 Å². The molecule has 0 saturated carbocycles. The minimum atomic E-state index is -0.147. The first-order valence-electron chi connectivity index (χ1n) is 8.68. The Morgan fingerprint density at radius 2 is 2.00 bits per heavy atom. The first kappa shape index (κ1) is 18.8. The predicted molar refractivity (Wildman–Crippen MR) is 111 cm³/mol. The molecule has 0 radical (unpaired) electrons. The Bertz CT molecular complexity index is 995. The fourth-order valence-electron chi connectivity index (χ4n) is 2.65. The van der Waals surface area contributed by atoms with Crippen LogP contribution in [0.25, 0.3) is 11.4 Å². The number of hydrogen-bond donors (Lipinski definition) is 2. The lowest BCUT2D eigenvalue weighted by Gasteiger charge is -2.10. The molecule has 2 heterocycles. The highest BCUT2D eigenvalue weighted by atomic mass is 79.9. The number of aromatic amines is 1. The molecule has 144 valence electrons. The van der Waals surface area contributed by atoms with Gasteiger partial charge < -0.3 is 14.8 Å². The largest absolute Gasteiger partial charge is 0.490 e. The summed E-state index contributed by atoms with van der Waals surface area (Å²) < 4.78 is 12.2. The maximum atomic E-state index is 12.3. The van der Waals surface area contributed by atoms with Gasteiger partial charge in [0.05, 0.1) is 19.0 Å². The van der Waals surface area contributed by atoms with Crippen LogP contribution >= 0.6 is 27.7 Å². The summed E-state index contributed by atoms with van der Waals surface area (Å²) in [6, 6.07) is 13.1. The Kier molecular flexibility index (Phi) is 5.82. The number of H-pyrrole nitrogens is 1. The Hall–Kier alpha value is -2.52. The molecule has 28 heavy (non-hydrogen) atoms. The fourth-order valence-corrected chi connectivity index (χ4v) is 3.72. The molecule has 1 amide bonds. The number of fused-ring (bicyclic) bond motifs is 1. The normalized spacial score (nSPS) is 13.0. The van der Waals surface area contributed by atoms with Crippen LogP contribution < -0.4 is 14.8 Å². The van der Waals surface area contributed by atoms with E-state index >= 15 is 0 Å². The maximum absolute atomic E-state index is 12.3. The number of rotatable bonds is 5. The zero-order chi connectivity index (χ0) is 19.3. The average Bonchev–Trinajstić information content (AvgIpc) is 3.04. The quantitative estimate of drug-likeness (QED) is 0.556. The molecule has 1 aromatic heterocycles. The Morgan fingerprint density at radius 1 is 1.18 bits per heavy atom. The number of aromatic nitrogens is 3. The summed E-state index contributed by atoms with van der Waals surface area (Å²) in [6.45, 7) is 1.23. The van der Waals surface area contributed by atoms with Crippen molar-refractivity contribution in [3.63, 3.8) is 0 Å². The van der Waals surface area contributed by atoms with Gasteiger partial charge in [-0.05, 0) is 18.2 Å². The van der Waals surface area contributed by atoms with E-state index in [1.807, 2.05) is 30.3 Å². The number of carbonyl (C=O) groups is 1. The monoisotopic (exact) mass is 460 g/mol. The summed E-state index contributed by atoms with van der Waals surface area (Å²) in [7, 11) is 0. The Labute approximate surface area is 174 Å². The Balaban J connectivity index is 1.35. The smallest absolute Gasteiger partial charge is 0.234 e.